The van der Waals surface area contributed by atoms with E-state index in [1.54, 1.807) is 20.4 Å². The Morgan fingerprint density at radius 3 is 2.58 bits per heavy atom. The van der Waals surface area contributed by atoms with Gasteiger partial charge in [0.05, 0.1) is 25.5 Å². The lowest BCUT2D eigenvalue weighted by atomic mass is 9.86. The third-order valence-electron chi connectivity index (χ3n) is 7.35. The Balaban J connectivity index is 1.28. The molecule has 3 aromatic rings. The summed E-state index contributed by atoms with van der Waals surface area (Å²) < 4.78 is 10.8. The molecule has 0 bridgehead atoms. The maximum Gasteiger partial charge on any atom is 0.253 e. The van der Waals surface area contributed by atoms with E-state index in [9.17, 15) is 4.79 Å². The minimum Gasteiger partial charge on any atom is -0.497 e. The third-order valence-corrected chi connectivity index (χ3v) is 7.35. The highest BCUT2D eigenvalue weighted by molar-refractivity contribution is 5.94. The van der Waals surface area contributed by atoms with Crippen LogP contribution >= 0.6 is 0 Å². The average Bonchev–Trinajstić information content (AvgIpc) is 2.93. The number of nitrogens with zero attached hydrogens (tertiary/aromatic N) is 3. The van der Waals surface area contributed by atoms with Crippen molar-refractivity contribution < 1.29 is 14.3 Å². The number of fused-ring (bicyclic) bond motifs is 1. The number of rotatable bonds is 6. The first kappa shape index (κ1) is 24.1. The largest absolute Gasteiger partial charge is 0.497 e. The van der Waals surface area contributed by atoms with Crippen molar-refractivity contribution >= 4 is 11.6 Å². The van der Waals surface area contributed by atoms with Crippen molar-refractivity contribution in [3.8, 4) is 22.8 Å². The molecule has 1 aliphatic carbocycles. The highest BCUT2D eigenvalue weighted by Gasteiger charge is 2.26. The van der Waals surface area contributed by atoms with Crippen molar-refractivity contribution in [1.82, 2.24) is 15.2 Å². The zero-order chi connectivity index (χ0) is 25.1. The van der Waals surface area contributed by atoms with E-state index in [1.807, 2.05) is 30.3 Å². The first-order valence-electron chi connectivity index (χ1n) is 12.6. The fraction of sp³-hybridized carbons (Fsp3) is 0.379. The molecule has 0 radical (unpaired) electrons. The van der Waals surface area contributed by atoms with Crippen molar-refractivity contribution in [2.45, 2.75) is 25.3 Å². The topological polar surface area (TPSA) is 66.9 Å². The first-order chi connectivity index (χ1) is 17.6. The Hall–Kier alpha value is -3.58. The van der Waals surface area contributed by atoms with E-state index in [4.69, 9.17) is 9.47 Å². The molecular weight excluding hydrogens is 452 g/mol. The van der Waals surface area contributed by atoms with Crippen molar-refractivity contribution in [3.63, 3.8) is 0 Å². The maximum atomic E-state index is 13.1. The van der Waals surface area contributed by atoms with Crippen molar-refractivity contribution in [2.75, 3.05) is 52.3 Å². The number of methoxy groups -OCH3 is 2. The van der Waals surface area contributed by atoms with Gasteiger partial charge >= 0.3 is 0 Å². The Morgan fingerprint density at radius 2 is 1.86 bits per heavy atom. The summed E-state index contributed by atoms with van der Waals surface area (Å²) in [6.45, 7) is 4.24. The van der Waals surface area contributed by atoms with Gasteiger partial charge in [0.2, 0.25) is 0 Å². The minimum atomic E-state index is -0.0822. The summed E-state index contributed by atoms with van der Waals surface area (Å²) in [5, 5.41) is 3.26. The van der Waals surface area contributed by atoms with Gasteiger partial charge in [-0.1, -0.05) is 12.1 Å². The molecule has 1 amide bonds. The van der Waals surface area contributed by atoms with Gasteiger partial charge in [-0.3, -0.25) is 9.78 Å². The van der Waals surface area contributed by atoms with Gasteiger partial charge in [-0.15, -0.1) is 0 Å². The first-order valence-corrected chi connectivity index (χ1v) is 12.6. The lowest BCUT2D eigenvalue weighted by Gasteiger charge is -2.37. The molecule has 2 heterocycles. The van der Waals surface area contributed by atoms with E-state index in [0.29, 0.717) is 11.3 Å². The fourth-order valence-corrected chi connectivity index (χ4v) is 5.20. The second-order valence-electron chi connectivity index (χ2n) is 9.62. The number of hydrogen-bond donors (Lipinski definition) is 1. The number of piperazine rings is 1. The van der Waals surface area contributed by atoms with Gasteiger partial charge in [-0.25, -0.2) is 0 Å². The number of aryl methyl sites for hydroxylation is 1. The highest BCUT2D eigenvalue weighted by Crippen LogP contribution is 2.33. The summed E-state index contributed by atoms with van der Waals surface area (Å²) in [6, 6.07) is 16.1. The summed E-state index contributed by atoms with van der Waals surface area (Å²) in [5.74, 6) is 1.31. The molecule has 1 N–H and O–H groups in total. The van der Waals surface area contributed by atoms with Gasteiger partial charge in [0.15, 0.2) is 0 Å². The molecule has 2 aromatic carbocycles. The van der Waals surface area contributed by atoms with Gasteiger partial charge in [-0.2, -0.15) is 0 Å². The number of amides is 1. The number of hydrogen-bond acceptors (Lipinski definition) is 6. The minimum absolute atomic E-state index is 0.0822. The molecule has 1 fully saturated rings. The smallest absolute Gasteiger partial charge is 0.253 e. The van der Waals surface area contributed by atoms with Crippen LogP contribution < -0.4 is 19.7 Å². The highest BCUT2D eigenvalue weighted by atomic mass is 16.5. The summed E-state index contributed by atoms with van der Waals surface area (Å²) in [5.41, 5.74) is 6.29. The van der Waals surface area contributed by atoms with Crippen LogP contribution in [0.1, 0.15) is 27.9 Å². The van der Waals surface area contributed by atoms with Crippen molar-refractivity contribution in [1.29, 1.82) is 0 Å². The van der Waals surface area contributed by atoms with Crippen LogP contribution in [0.3, 0.4) is 0 Å². The number of aromatic nitrogens is 1. The van der Waals surface area contributed by atoms with E-state index in [0.717, 1.165) is 62.4 Å². The molecule has 1 unspecified atom stereocenters. The standard InChI is InChI=1S/C29H34N4O3/c1-32-13-15-33(16-14-32)27-6-4-5-20-7-9-22(17-25(20)27)31-29(34)21-8-12-26(30-19-21)24-11-10-23(35-2)18-28(24)36-3/h4-6,8,10-12,18-19,22H,7,9,13-17H2,1-3H3,(H,31,34). The average molecular weight is 487 g/mol. The van der Waals surface area contributed by atoms with Gasteiger partial charge in [-0.05, 0) is 67.8 Å². The predicted molar refractivity (Wildman–Crippen MR) is 142 cm³/mol. The van der Waals surface area contributed by atoms with Gasteiger partial charge in [0, 0.05) is 55.7 Å². The molecule has 1 atom stereocenters. The number of pyridine rings is 1. The van der Waals surface area contributed by atoms with Crippen LogP contribution in [0.2, 0.25) is 0 Å². The normalized spacial score (nSPS) is 17.9. The van der Waals surface area contributed by atoms with Crippen LogP contribution in [0.4, 0.5) is 5.69 Å². The van der Waals surface area contributed by atoms with E-state index >= 15 is 0 Å². The molecule has 0 spiro atoms. The Morgan fingerprint density at radius 1 is 1.03 bits per heavy atom. The Bertz CT molecular complexity index is 1220. The monoisotopic (exact) mass is 486 g/mol. The maximum absolute atomic E-state index is 13.1. The molecule has 1 aliphatic heterocycles. The lowest BCUT2D eigenvalue weighted by molar-refractivity contribution is 0.0933. The molecule has 5 rings (SSSR count). The summed E-state index contributed by atoms with van der Waals surface area (Å²) in [4.78, 5) is 22.5. The number of benzene rings is 2. The number of likely N-dealkylation sites (N-methyl/N-ethyl adjacent to an activating group) is 1. The zero-order valence-corrected chi connectivity index (χ0v) is 21.3. The molecule has 7 nitrogen and oxygen atoms in total. The van der Waals surface area contributed by atoms with Gasteiger partial charge in [0.1, 0.15) is 11.5 Å². The van der Waals surface area contributed by atoms with Crippen molar-refractivity contribution in [2.24, 2.45) is 0 Å². The van der Waals surface area contributed by atoms with E-state index in [-0.39, 0.29) is 11.9 Å². The summed E-state index contributed by atoms with van der Waals surface area (Å²) in [7, 11) is 5.42. The van der Waals surface area contributed by atoms with E-state index < -0.39 is 0 Å². The van der Waals surface area contributed by atoms with Crippen molar-refractivity contribution in [3.05, 3.63) is 71.4 Å². The molecule has 1 aromatic heterocycles. The van der Waals surface area contributed by atoms with Crippen LogP contribution in [-0.4, -0.2) is 69.3 Å². The molecule has 0 saturated carbocycles. The SMILES string of the molecule is COc1ccc(-c2ccc(C(=O)NC3CCc4cccc(N5CCN(C)CC5)c4C3)cn2)c(OC)c1. The van der Waals surface area contributed by atoms with Crippen LogP contribution in [0.25, 0.3) is 11.3 Å². The van der Waals surface area contributed by atoms with Crippen LogP contribution in [0.5, 0.6) is 11.5 Å². The fourth-order valence-electron chi connectivity index (χ4n) is 5.20. The van der Waals surface area contributed by atoms with Crippen LogP contribution in [0.15, 0.2) is 54.7 Å². The Labute approximate surface area is 213 Å². The lowest BCUT2D eigenvalue weighted by Crippen LogP contribution is -2.45. The Kier molecular flexibility index (Phi) is 7.09. The number of carbonyl (C=O) groups is 1. The molecule has 2 aliphatic rings. The zero-order valence-electron chi connectivity index (χ0n) is 21.3. The predicted octanol–water partition coefficient (Wildman–Crippen LogP) is 3.80. The molecular formula is C29H34N4O3. The van der Waals surface area contributed by atoms with E-state index in [2.05, 4.69) is 45.3 Å². The van der Waals surface area contributed by atoms with Crippen LogP contribution in [0, 0.1) is 0 Å². The molecule has 1 saturated heterocycles. The summed E-state index contributed by atoms with van der Waals surface area (Å²) >= 11 is 0. The van der Waals surface area contributed by atoms with Gasteiger partial charge in [0.25, 0.3) is 5.91 Å². The summed E-state index contributed by atoms with van der Waals surface area (Å²) in [6.07, 6.45) is 4.43. The number of carbonyl (C=O) groups excluding carboxylic acids is 1. The third kappa shape index (κ3) is 5.02. The molecule has 188 valence electrons. The van der Waals surface area contributed by atoms with Gasteiger partial charge < -0.3 is 24.6 Å². The number of ether oxygens (including phenoxy) is 2. The van der Waals surface area contributed by atoms with Crippen LogP contribution in [-0.2, 0) is 12.8 Å². The quantitative estimate of drug-likeness (QED) is 0.572. The second kappa shape index (κ2) is 10.6. The number of nitrogens with one attached hydrogen (secondary N) is 1. The number of anilines is 1. The molecule has 36 heavy (non-hydrogen) atoms. The molecule has 7 heteroatoms. The second-order valence-corrected chi connectivity index (χ2v) is 9.62. The van der Waals surface area contributed by atoms with E-state index in [1.165, 1.54) is 16.8 Å².